The van der Waals surface area contributed by atoms with E-state index >= 15 is 0 Å². The molecule has 0 bridgehead atoms. The fraction of sp³-hybridized carbons (Fsp3) is 0.889. The van der Waals surface area contributed by atoms with Crippen molar-refractivity contribution < 1.29 is 14.3 Å². The molecule has 0 spiro atoms. The number of rotatable bonds is 9. The summed E-state index contributed by atoms with van der Waals surface area (Å²) in [7, 11) is 0. The number of piperidine rings is 1. The van der Waals surface area contributed by atoms with Crippen LogP contribution >= 0.6 is 12.4 Å². The Morgan fingerprint density at radius 3 is 2.44 bits per heavy atom. The smallest absolute Gasteiger partial charge is 0.241 e. The molecule has 0 aromatic heterocycles. The van der Waals surface area contributed by atoms with Gasteiger partial charge in [0.2, 0.25) is 11.8 Å². The van der Waals surface area contributed by atoms with Crippen LogP contribution in [0.25, 0.3) is 0 Å². The molecular formula is C18H34ClN3O3. The van der Waals surface area contributed by atoms with Crippen molar-refractivity contribution in [1.82, 2.24) is 10.2 Å². The molecule has 2 amide bonds. The summed E-state index contributed by atoms with van der Waals surface area (Å²) in [6, 6.07) is 0. The second kappa shape index (κ2) is 12.5. The molecule has 1 heterocycles. The molecule has 0 aromatic carbocycles. The monoisotopic (exact) mass is 375 g/mol. The summed E-state index contributed by atoms with van der Waals surface area (Å²) < 4.78 is 5.74. The van der Waals surface area contributed by atoms with Crippen LogP contribution in [0.3, 0.4) is 0 Å². The van der Waals surface area contributed by atoms with Gasteiger partial charge in [-0.1, -0.05) is 25.7 Å². The number of hydrogen-bond acceptors (Lipinski definition) is 4. The molecule has 2 fully saturated rings. The largest absolute Gasteiger partial charge is 0.378 e. The molecule has 2 rings (SSSR count). The van der Waals surface area contributed by atoms with Crippen LogP contribution in [0, 0.1) is 5.92 Å². The van der Waals surface area contributed by atoms with Gasteiger partial charge in [0.1, 0.15) is 0 Å². The molecule has 0 aromatic rings. The van der Waals surface area contributed by atoms with E-state index in [-0.39, 0.29) is 36.9 Å². The third-order valence-electron chi connectivity index (χ3n) is 5.19. The quantitative estimate of drug-likeness (QED) is 0.602. The summed E-state index contributed by atoms with van der Waals surface area (Å²) in [5.41, 5.74) is 5.45. The van der Waals surface area contributed by atoms with Crippen molar-refractivity contribution in [3.63, 3.8) is 0 Å². The lowest BCUT2D eigenvalue weighted by Gasteiger charge is -2.32. The minimum atomic E-state index is 0. The maximum absolute atomic E-state index is 12.2. The Bertz CT molecular complexity index is 395. The Balaban J connectivity index is 0.00000312. The average Bonchev–Trinajstić information content (AvgIpc) is 3.12. The highest BCUT2D eigenvalue weighted by Crippen LogP contribution is 2.28. The van der Waals surface area contributed by atoms with Crippen LogP contribution in [0.1, 0.15) is 57.8 Å². The summed E-state index contributed by atoms with van der Waals surface area (Å²) in [6.45, 7) is 2.90. The topological polar surface area (TPSA) is 84.7 Å². The van der Waals surface area contributed by atoms with Gasteiger partial charge >= 0.3 is 0 Å². The van der Waals surface area contributed by atoms with Gasteiger partial charge in [0.15, 0.2) is 0 Å². The van der Waals surface area contributed by atoms with E-state index in [1.54, 1.807) is 0 Å². The summed E-state index contributed by atoms with van der Waals surface area (Å²) in [6.07, 6.45) is 9.49. The first-order chi connectivity index (χ1) is 11.7. The predicted molar refractivity (Wildman–Crippen MR) is 101 cm³/mol. The molecular weight excluding hydrogens is 342 g/mol. The van der Waals surface area contributed by atoms with Crippen LogP contribution < -0.4 is 11.1 Å². The molecule has 1 saturated heterocycles. The lowest BCUT2D eigenvalue weighted by Crippen LogP contribution is -2.45. The molecule has 3 N–H and O–H groups in total. The van der Waals surface area contributed by atoms with Crippen molar-refractivity contribution in [3.05, 3.63) is 0 Å². The van der Waals surface area contributed by atoms with Crippen molar-refractivity contribution >= 4 is 24.2 Å². The van der Waals surface area contributed by atoms with E-state index in [2.05, 4.69) is 5.32 Å². The van der Waals surface area contributed by atoms with Crippen molar-refractivity contribution in [2.24, 2.45) is 11.7 Å². The summed E-state index contributed by atoms with van der Waals surface area (Å²) in [5, 5.41) is 2.78. The highest BCUT2D eigenvalue weighted by atomic mass is 35.5. The number of carbonyl (C=O) groups excluding carboxylic acids is 2. The third-order valence-corrected chi connectivity index (χ3v) is 5.19. The van der Waals surface area contributed by atoms with Crippen LogP contribution in [0.4, 0.5) is 0 Å². The second-order valence-corrected chi connectivity index (χ2v) is 7.06. The van der Waals surface area contributed by atoms with Gasteiger partial charge in [0, 0.05) is 26.1 Å². The molecule has 2 aliphatic rings. The Morgan fingerprint density at radius 2 is 1.80 bits per heavy atom. The maximum Gasteiger partial charge on any atom is 0.241 e. The van der Waals surface area contributed by atoms with Gasteiger partial charge in [-0.15, -0.1) is 12.4 Å². The van der Waals surface area contributed by atoms with Crippen LogP contribution in [0.2, 0.25) is 0 Å². The van der Waals surface area contributed by atoms with E-state index in [9.17, 15) is 9.59 Å². The Hall–Kier alpha value is -0.850. The number of hydrogen-bond donors (Lipinski definition) is 2. The highest BCUT2D eigenvalue weighted by molar-refractivity contribution is 5.85. The number of ether oxygens (including phenoxy) is 1. The van der Waals surface area contributed by atoms with Gasteiger partial charge in [0.05, 0.1) is 12.6 Å². The Kier molecular flexibility index (Phi) is 11.1. The van der Waals surface area contributed by atoms with E-state index in [0.29, 0.717) is 38.6 Å². The molecule has 146 valence electrons. The number of likely N-dealkylation sites (tertiary alicyclic amines) is 1. The van der Waals surface area contributed by atoms with Crippen LogP contribution in [0.15, 0.2) is 0 Å². The highest BCUT2D eigenvalue weighted by Gasteiger charge is 2.23. The summed E-state index contributed by atoms with van der Waals surface area (Å²) in [4.78, 5) is 25.9. The number of amides is 2. The fourth-order valence-electron chi connectivity index (χ4n) is 3.61. The molecule has 6 nitrogen and oxygen atoms in total. The minimum Gasteiger partial charge on any atom is -0.378 e. The van der Waals surface area contributed by atoms with Gasteiger partial charge in [-0.3, -0.25) is 9.59 Å². The van der Waals surface area contributed by atoms with Crippen LogP contribution in [-0.4, -0.2) is 55.6 Å². The van der Waals surface area contributed by atoms with Gasteiger partial charge < -0.3 is 20.7 Å². The van der Waals surface area contributed by atoms with Crippen molar-refractivity contribution in [2.45, 2.75) is 63.9 Å². The lowest BCUT2D eigenvalue weighted by atomic mass is 10.0. The fourth-order valence-corrected chi connectivity index (χ4v) is 3.61. The Morgan fingerprint density at radius 1 is 1.12 bits per heavy atom. The van der Waals surface area contributed by atoms with Crippen LogP contribution in [-0.2, 0) is 14.3 Å². The zero-order valence-corrected chi connectivity index (χ0v) is 16.0. The maximum atomic E-state index is 12.2. The molecule has 1 saturated carbocycles. The number of nitrogens with two attached hydrogens (primary N) is 1. The number of nitrogens with one attached hydrogen (secondary N) is 1. The van der Waals surface area contributed by atoms with Gasteiger partial charge in [-0.2, -0.15) is 0 Å². The van der Waals surface area contributed by atoms with Gasteiger partial charge in [-0.05, 0) is 38.1 Å². The first-order valence-electron chi connectivity index (χ1n) is 9.55. The molecule has 25 heavy (non-hydrogen) atoms. The molecule has 1 aliphatic heterocycles. The first-order valence-corrected chi connectivity index (χ1v) is 9.55. The Labute approximate surface area is 157 Å². The molecule has 0 atom stereocenters. The first kappa shape index (κ1) is 22.2. The summed E-state index contributed by atoms with van der Waals surface area (Å²) >= 11 is 0. The molecule has 1 aliphatic carbocycles. The number of halogens is 1. The average molecular weight is 376 g/mol. The van der Waals surface area contributed by atoms with E-state index in [1.165, 1.54) is 25.7 Å². The van der Waals surface area contributed by atoms with E-state index in [1.807, 2.05) is 4.90 Å². The normalized spacial score (nSPS) is 18.8. The van der Waals surface area contributed by atoms with Crippen molar-refractivity contribution in [3.8, 4) is 0 Å². The van der Waals surface area contributed by atoms with E-state index in [4.69, 9.17) is 10.5 Å². The molecule has 0 unspecified atom stereocenters. The standard InChI is InChI=1S/C18H33N3O3.ClH/c19-10-3-13-24-16-8-11-21(12-9-16)18(23)14-20-17(22)7-6-15-4-1-2-5-15;/h15-16H,1-14,19H2,(H,20,22);1H. The van der Waals surface area contributed by atoms with Crippen molar-refractivity contribution in [1.29, 1.82) is 0 Å². The van der Waals surface area contributed by atoms with Crippen LogP contribution in [0.5, 0.6) is 0 Å². The third kappa shape index (κ3) is 8.38. The number of nitrogens with zero attached hydrogens (tertiary/aromatic N) is 1. The number of carbonyl (C=O) groups is 2. The predicted octanol–water partition coefficient (Wildman–Crippen LogP) is 1.85. The molecule has 7 heteroatoms. The van der Waals surface area contributed by atoms with E-state index in [0.717, 1.165) is 25.7 Å². The molecule has 0 radical (unpaired) electrons. The zero-order valence-electron chi connectivity index (χ0n) is 15.2. The minimum absolute atomic E-state index is 0. The van der Waals surface area contributed by atoms with Gasteiger partial charge in [0.25, 0.3) is 0 Å². The SMILES string of the molecule is Cl.NCCCOC1CCN(C(=O)CNC(=O)CCC2CCCC2)CC1. The second-order valence-electron chi connectivity index (χ2n) is 7.06. The zero-order chi connectivity index (χ0) is 17.2. The van der Waals surface area contributed by atoms with E-state index < -0.39 is 0 Å². The lowest BCUT2D eigenvalue weighted by molar-refractivity contribution is -0.135. The van der Waals surface area contributed by atoms with Crippen molar-refractivity contribution in [2.75, 3.05) is 32.8 Å². The summed E-state index contributed by atoms with van der Waals surface area (Å²) in [5.74, 6) is 0.740. The van der Waals surface area contributed by atoms with Gasteiger partial charge in [-0.25, -0.2) is 0 Å².